The van der Waals surface area contributed by atoms with Gasteiger partial charge in [0, 0.05) is 28.1 Å². The first-order chi connectivity index (χ1) is 16.5. The van der Waals surface area contributed by atoms with Crippen molar-refractivity contribution in [3.05, 3.63) is 35.7 Å². The number of alkyl carbamates (subject to hydrolysis) is 1. The Bertz CT molecular complexity index is 1130. The Labute approximate surface area is 206 Å². The van der Waals surface area contributed by atoms with Crippen LogP contribution in [0.25, 0.3) is 11.3 Å². The van der Waals surface area contributed by atoms with Crippen LogP contribution in [-0.4, -0.2) is 46.6 Å². The Morgan fingerprint density at radius 1 is 1.14 bits per heavy atom. The highest BCUT2D eigenvalue weighted by Crippen LogP contribution is 2.45. The van der Waals surface area contributed by atoms with Crippen LogP contribution in [0.4, 0.5) is 10.6 Å². The predicted octanol–water partition coefficient (Wildman–Crippen LogP) is 4.58. The molecule has 1 amide bonds. The molecule has 2 aromatic rings. The number of ether oxygens (including phenoxy) is 2. The number of hydrogen-bond donors (Lipinski definition) is 2. The van der Waals surface area contributed by atoms with E-state index in [0.717, 1.165) is 59.5 Å². The molecule has 1 aromatic heterocycles. The largest absolute Gasteiger partial charge is 0.497 e. The molecule has 0 atom stereocenters. The van der Waals surface area contributed by atoms with Gasteiger partial charge in [-0.05, 0) is 78.5 Å². The zero-order valence-electron chi connectivity index (χ0n) is 21.3. The molecule has 9 heteroatoms. The van der Waals surface area contributed by atoms with E-state index in [1.807, 2.05) is 39.0 Å². The summed E-state index contributed by atoms with van der Waals surface area (Å²) in [6, 6.07) is 5.90. The number of benzene rings is 1. The highest BCUT2D eigenvalue weighted by atomic mass is 16.6. The topological polar surface area (TPSA) is 121 Å². The fourth-order valence-electron chi connectivity index (χ4n) is 4.80. The summed E-state index contributed by atoms with van der Waals surface area (Å²) in [6.45, 7) is 9.68. The number of amides is 1. The molecule has 0 saturated heterocycles. The van der Waals surface area contributed by atoms with Gasteiger partial charge in [-0.15, -0.1) is 0 Å². The molecule has 0 bridgehead atoms. The fourth-order valence-corrected chi connectivity index (χ4v) is 4.80. The SMILES string of the molecule is COc1ccc2c(c1)/C(=N\OC1CCC(NC(=O)OC(C)(C)C)CC1)C(C)(C)c1c(N)ncnc1-2. The van der Waals surface area contributed by atoms with E-state index in [4.69, 9.17) is 20.0 Å². The van der Waals surface area contributed by atoms with E-state index in [-0.39, 0.29) is 18.2 Å². The summed E-state index contributed by atoms with van der Waals surface area (Å²) in [5.74, 6) is 1.16. The van der Waals surface area contributed by atoms with Crippen molar-refractivity contribution in [3.8, 4) is 17.0 Å². The summed E-state index contributed by atoms with van der Waals surface area (Å²) in [7, 11) is 1.64. The van der Waals surface area contributed by atoms with Crippen molar-refractivity contribution in [3.63, 3.8) is 0 Å². The Hall–Kier alpha value is -3.36. The molecule has 2 aliphatic carbocycles. The minimum atomic E-state index is -0.574. The molecule has 188 valence electrons. The maximum absolute atomic E-state index is 12.1. The van der Waals surface area contributed by atoms with Crippen LogP contribution in [0, 0.1) is 0 Å². The van der Waals surface area contributed by atoms with Gasteiger partial charge in [0.15, 0.2) is 0 Å². The maximum atomic E-state index is 12.1. The number of methoxy groups -OCH3 is 1. The summed E-state index contributed by atoms with van der Waals surface area (Å²) in [6.07, 6.45) is 4.22. The number of nitrogen functional groups attached to an aromatic ring is 1. The van der Waals surface area contributed by atoms with Gasteiger partial charge in [-0.2, -0.15) is 0 Å². The fraction of sp³-hybridized carbons (Fsp3) is 0.538. The molecular weight excluding hydrogens is 446 g/mol. The van der Waals surface area contributed by atoms with Crippen LogP contribution in [0.2, 0.25) is 0 Å². The van der Waals surface area contributed by atoms with Gasteiger partial charge >= 0.3 is 6.09 Å². The van der Waals surface area contributed by atoms with Crippen LogP contribution in [0.15, 0.2) is 29.7 Å². The summed E-state index contributed by atoms with van der Waals surface area (Å²) < 4.78 is 10.9. The van der Waals surface area contributed by atoms with Crippen LogP contribution in [-0.2, 0) is 15.0 Å². The number of nitrogens with zero attached hydrogens (tertiary/aromatic N) is 3. The Balaban J connectivity index is 1.53. The minimum absolute atomic E-state index is 0.0465. The van der Waals surface area contributed by atoms with E-state index < -0.39 is 11.0 Å². The zero-order chi connectivity index (χ0) is 25.4. The minimum Gasteiger partial charge on any atom is -0.497 e. The Morgan fingerprint density at radius 2 is 1.86 bits per heavy atom. The van der Waals surface area contributed by atoms with Crippen molar-refractivity contribution in [1.82, 2.24) is 15.3 Å². The van der Waals surface area contributed by atoms with E-state index in [9.17, 15) is 4.79 Å². The highest BCUT2D eigenvalue weighted by molar-refractivity contribution is 6.15. The predicted molar refractivity (Wildman–Crippen MR) is 134 cm³/mol. The molecular formula is C26H35N5O4. The van der Waals surface area contributed by atoms with E-state index in [1.54, 1.807) is 7.11 Å². The molecule has 0 spiro atoms. The quantitative estimate of drug-likeness (QED) is 0.613. The van der Waals surface area contributed by atoms with E-state index >= 15 is 0 Å². The Morgan fingerprint density at radius 3 is 2.51 bits per heavy atom. The monoisotopic (exact) mass is 481 g/mol. The van der Waals surface area contributed by atoms with Gasteiger partial charge in [-0.1, -0.05) is 5.16 Å². The average molecular weight is 482 g/mol. The van der Waals surface area contributed by atoms with Crippen LogP contribution in [0.1, 0.15) is 71.4 Å². The molecule has 0 aliphatic heterocycles. The summed E-state index contributed by atoms with van der Waals surface area (Å²) in [5, 5.41) is 7.65. The lowest BCUT2D eigenvalue weighted by Gasteiger charge is -2.35. The lowest BCUT2D eigenvalue weighted by molar-refractivity contribution is 0.0205. The van der Waals surface area contributed by atoms with Gasteiger partial charge < -0.3 is 25.4 Å². The summed E-state index contributed by atoms with van der Waals surface area (Å²) >= 11 is 0. The summed E-state index contributed by atoms with van der Waals surface area (Å²) in [5.41, 5.74) is 9.44. The number of carbonyl (C=O) groups is 1. The molecule has 0 unspecified atom stereocenters. The third kappa shape index (κ3) is 5.18. The van der Waals surface area contributed by atoms with Crippen molar-refractivity contribution in [2.24, 2.45) is 5.16 Å². The molecule has 1 saturated carbocycles. The molecule has 1 fully saturated rings. The first-order valence-electron chi connectivity index (χ1n) is 12.0. The number of nitrogens with one attached hydrogen (secondary N) is 1. The van der Waals surface area contributed by atoms with Gasteiger partial charge in [0.05, 0.1) is 18.5 Å². The number of carbonyl (C=O) groups excluding carboxylic acids is 1. The molecule has 1 aromatic carbocycles. The Kier molecular flexibility index (Phi) is 6.62. The van der Waals surface area contributed by atoms with Gasteiger partial charge in [-0.3, -0.25) is 0 Å². The second-order valence-electron chi connectivity index (χ2n) is 10.7. The molecule has 35 heavy (non-hydrogen) atoms. The average Bonchev–Trinajstić information content (AvgIpc) is 2.78. The van der Waals surface area contributed by atoms with Crippen LogP contribution < -0.4 is 15.8 Å². The van der Waals surface area contributed by atoms with E-state index in [0.29, 0.717) is 5.82 Å². The van der Waals surface area contributed by atoms with E-state index in [1.165, 1.54) is 6.33 Å². The van der Waals surface area contributed by atoms with Gasteiger partial charge in [0.1, 0.15) is 29.6 Å². The molecule has 4 rings (SSSR count). The lowest BCUT2D eigenvalue weighted by Crippen LogP contribution is -2.42. The second kappa shape index (κ2) is 9.36. The number of aromatic nitrogens is 2. The van der Waals surface area contributed by atoms with Crippen molar-refractivity contribution in [1.29, 1.82) is 0 Å². The normalized spacial score (nSPS) is 22.1. The van der Waals surface area contributed by atoms with Gasteiger partial charge in [0.25, 0.3) is 0 Å². The number of anilines is 1. The first kappa shape index (κ1) is 24.8. The number of fused-ring (bicyclic) bond motifs is 3. The number of oxime groups is 1. The van der Waals surface area contributed by atoms with Crippen LogP contribution >= 0.6 is 0 Å². The van der Waals surface area contributed by atoms with Gasteiger partial charge in [0.2, 0.25) is 0 Å². The van der Waals surface area contributed by atoms with Crippen molar-refractivity contribution < 1.29 is 19.1 Å². The molecule has 1 heterocycles. The van der Waals surface area contributed by atoms with Gasteiger partial charge in [-0.25, -0.2) is 14.8 Å². The lowest BCUT2D eigenvalue weighted by atomic mass is 9.70. The standard InChI is InChI=1S/C26H35N5O4/c1-25(2,3)34-24(32)30-15-7-9-16(10-8-15)35-31-22-19-13-17(33-6)11-12-18(19)21-20(26(22,4)5)23(27)29-14-28-21/h11-16H,7-10H2,1-6H3,(H,30,32)(H2,27,28,29)/b31-22+. The third-order valence-electron chi connectivity index (χ3n) is 6.52. The van der Waals surface area contributed by atoms with Crippen molar-refractivity contribution >= 4 is 17.6 Å². The smallest absolute Gasteiger partial charge is 0.407 e. The number of hydrogen-bond acceptors (Lipinski definition) is 8. The number of nitrogens with two attached hydrogens (primary N) is 1. The van der Waals surface area contributed by atoms with E-state index in [2.05, 4.69) is 34.3 Å². The molecule has 9 nitrogen and oxygen atoms in total. The highest BCUT2D eigenvalue weighted by Gasteiger charge is 2.41. The maximum Gasteiger partial charge on any atom is 0.407 e. The third-order valence-corrected chi connectivity index (χ3v) is 6.52. The molecule has 2 aliphatic rings. The molecule has 3 N–H and O–H groups in total. The second-order valence-corrected chi connectivity index (χ2v) is 10.7. The van der Waals surface area contributed by atoms with Crippen molar-refractivity contribution in [2.45, 2.75) is 83.5 Å². The van der Waals surface area contributed by atoms with Crippen molar-refractivity contribution in [2.75, 3.05) is 12.8 Å². The number of rotatable bonds is 4. The summed E-state index contributed by atoms with van der Waals surface area (Å²) in [4.78, 5) is 27.0. The zero-order valence-corrected chi connectivity index (χ0v) is 21.3. The molecule has 0 radical (unpaired) electrons. The van der Waals surface area contributed by atoms with Crippen LogP contribution in [0.3, 0.4) is 0 Å². The van der Waals surface area contributed by atoms with Crippen LogP contribution in [0.5, 0.6) is 5.75 Å². The first-order valence-corrected chi connectivity index (χ1v) is 12.0.